The van der Waals surface area contributed by atoms with Gasteiger partial charge < -0.3 is 9.88 Å². The first-order chi connectivity index (χ1) is 19.4. The van der Waals surface area contributed by atoms with Crippen molar-refractivity contribution in [2.75, 3.05) is 4.90 Å². The molecule has 6 aromatic carbocycles. The number of hydrogen-bond donors (Lipinski definition) is 1. The van der Waals surface area contributed by atoms with Gasteiger partial charge >= 0.3 is 0 Å². The van der Waals surface area contributed by atoms with Crippen LogP contribution in [0.25, 0.3) is 32.9 Å². The highest BCUT2D eigenvalue weighted by molar-refractivity contribution is 6.15. The van der Waals surface area contributed by atoms with Crippen molar-refractivity contribution in [1.29, 1.82) is 0 Å². The number of rotatable bonds is 1. The van der Waals surface area contributed by atoms with Gasteiger partial charge in [-0.2, -0.15) is 0 Å². The second-order valence-corrected chi connectivity index (χ2v) is 10.6. The molecule has 1 aromatic heterocycles. The molecule has 0 unspecified atom stereocenters. The van der Waals surface area contributed by atoms with Gasteiger partial charge in [-0.1, -0.05) is 115 Å². The Morgan fingerprint density at radius 3 is 1.85 bits per heavy atom. The van der Waals surface area contributed by atoms with Crippen LogP contribution in [0, 0.1) is 0 Å². The zero-order chi connectivity index (χ0) is 25.6. The summed E-state index contributed by atoms with van der Waals surface area (Å²) in [5, 5.41) is 2.50. The van der Waals surface area contributed by atoms with E-state index < -0.39 is 5.41 Å². The van der Waals surface area contributed by atoms with E-state index in [1.807, 2.05) is 0 Å². The number of fused-ring (bicyclic) bond motifs is 13. The molecule has 0 fully saturated rings. The van der Waals surface area contributed by atoms with Gasteiger partial charge in [0, 0.05) is 22.0 Å². The van der Waals surface area contributed by atoms with E-state index in [2.05, 4.69) is 149 Å². The molecular formula is C37H24N2. The fraction of sp³-hybridized carbons (Fsp3) is 0.0270. The molecule has 1 spiro atoms. The van der Waals surface area contributed by atoms with Crippen LogP contribution in [0.3, 0.4) is 0 Å². The summed E-state index contributed by atoms with van der Waals surface area (Å²) in [6.45, 7) is 0. The van der Waals surface area contributed by atoms with E-state index in [9.17, 15) is 0 Å². The van der Waals surface area contributed by atoms with Gasteiger partial charge in [-0.3, -0.25) is 0 Å². The van der Waals surface area contributed by atoms with Crippen molar-refractivity contribution in [2.45, 2.75) is 5.41 Å². The number of anilines is 3. The molecule has 0 amide bonds. The van der Waals surface area contributed by atoms with Crippen molar-refractivity contribution < 1.29 is 0 Å². The molecule has 182 valence electrons. The van der Waals surface area contributed by atoms with E-state index in [4.69, 9.17) is 0 Å². The molecular weight excluding hydrogens is 472 g/mol. The molecule has 7 aromatic rings. The van der Waals surface area contributed by atoms with Gasteiger partial charge in [0.15, 0.2) is 0 Å². The second kappa shape index (κ2) is 7.49. The number of nitrogens with one attached hydrogen (secondary N) is 1. The summed E-state index contributed by atoms with van der Waals surface area (Å²) in [7, 11) is 0. The van der Waals surface area contributed by atoms with Gasteiger partial charge in [0.1, 0.15) is 0 Å². The molecule has 0 saturated carbocycles. The third-order valence-corrected chi connectivity index (χ3v) is 8.80. The first-order valence-electron chi connectivity index (χ1n) is 13.6. The molecule has 0 radical (unpaired) electrons. The maximum absolute atomic E-state index is 3.85. The Hall–Kier alpha value is -5.08. The van der Waals surface area contributed by atoms with Crippen molar-refractivity contribution in [3.8, 4) is 11.1 Å². The van der Waals surface area contributed by atoms with E-state index in [0.717, 1.165) is 11.2 Å². The zero-order valence-electron chi connectivity index (χ0n) is 21.2. The largest absolute Gasteiger partial charge is 0.353 e. The van der Waals surface area contributed by atoms with Gasteiger partial charge in [0.25, 0.3) is 0 Å². The Labute approximate surface area is 226 Å². The van der Waals surface area contributed by atoms with Gasteiger partial charge in [0.2, 0.25) is 0 Å². The Morgan fingerprint density at radius 2 is 1.08 bits per heavy atom. The van der Waals surface area contributed by atoms with E-state index in [0.29, 0.717) is 0 Å². The lowest BCUT2D eigenvalue weighted by Crippen LogP contribution is -2.36. The van der Waals surface area contributed by atoms with E-state index in [1.54, 1.807) is 0 Å². The quantitative estimate of drug-likeness (QED) is 0.240. The lowest BCUT2D eigenvalue weighted by molar-refractivity contribution is 0.754. The zero-order valence-corrected chi connectivity index (χ0v) is 21.2. The van der Waals surface area contributed by atoms with Gasteiger partial charge in [0.05, 0.1) is 22.3 Å². The maximum Gasteiger partial charge on any atom is 0.0755 e. The summed E-state index contributed by atoms with van der Waals surface area (Å²) in [4.78, 5) is 6.32. The molecule has 2 aliphatic rings. The van der Waals surface area contributed by atoms with Crippen LogP contribution in [-0.2, 0) is 5.41 Å². The van der Waals surface area contributed by atoms with Crippen molar-refractivity contribution in [1.82, 2.24) is 4.98 Å². The summed E-state index contributed by atoms with van der Waals surface area (Å²) in [6.07, 6.45) is 0. The molecule has 9 rings (SSSR count). The predicted octanol–water partition coefficient (Wildman–Crippen LogP) is 9.47. The fourth-order valence-corrected chi connectivity index (χ4v) is 7.35. The number of benzene rings is 6. The first-order valence-corrected chi connectivity index (χ1v) is 13.6. The molecule has 2 heteroatoms. The molecule has 39 heavy (non-hydrogen) atoms. The highest BCUT2D eigenvalue weighted by Gasteiger charge is 2.52. The number of aromatic amines is 1. The lowest BCUT2D eigenvalue weighted by Gasteiger charge is -2.45. The van der Waals surface area contributed by atoms with Gasteiger partial charge in [-0.05, 0) is 57.6 Å². The minimum Gasteiger partial charge on any atom is -0.353 e. The third-order valence-electron chi connectivity index (χ3n) is 8.80. The minimum absolute atomic E-state index is 0.421. The summed E-state index contributed by atoms with van der Waals surface area (Å²) in [5.41, 5.74) is 13.5. The fourth-order valence-electron chi connectivity index (χ4n) is 7.35. The van der Waals surface area contributed by atoms with Crippen molar-refractivity contribution in [3.05, 3.63) is 162 Å². The predicted molar refractivity (Wildman–Crippen MR) is 161 cm³/mol. The third kappa shape index (κ3) is 2.51. The average Bonchev–Trinajstić information content (AvgIpc) is 3.53. The van der Waals surface area contributed by atoms with Gasteiger partial charge in [-0.15, -0.1) is 0 Å². The van der Waals surface area contributed by atoms with Crippen LogP contribution >= 0.6 is 0 Å². The van der Waals surface area contributed by atoms with Crippen LogP contribution in [-0.4, -0.2) is 4.98 Å². The second-order valence-electron chi connectivity index (χ2n) is 10.6. The first kappa shape index (κ1) is 20.9. The van der Waals surface area contributed by atoms with E-state index in [1.165, 1.54) is 61.0 Å². The molecule has 1 aliphatic heterocycles. The van der Waals surface area contributed by atoms with Crippen molar-refractivity contribution in [2.24, 2.45) is 0 Å². The van der Waals surface area contributed by atoms with Crippen LogP contribution < -0.4 is 4.90 Å². The standard InChI is InChI=1S/C37H24N2/c1-2-12-24(13-3-1)39-34-21-11-9-19-31(34)37(29-17-7-4-14-25(29)26-15-5-8-18-30(26)37)32-23-22-28-27-16-6-10-20-33(27)38-35(28)36(32)39/h1-23,38H. The Kier molecular flexibility index (Phi) is 4.02. The van der Waals surface area contributed by atoms with Crippen LogP contribution in [0.4, 0.5) is 17.1 Å². The Morgan fingerprint density at radius 1 is 0.462 bits per heavy atom. The smallest absolute Gasteiger partial charge is 0.0755 e. The molecule has 2 heterocycles. The summed E-state index contributed by atoms with van der Waals surface area (Å²) in [5.74, 6) is 0. The van der Waals surface area contributed by atoms with Gasteiger partial charge in [-0.25, -0.2) is 0 Å². The maximum atomic E-state index is 3.85. The minimum atomic E-state index is -0.421. The SMILES string of the molecule is c1ccc(N2c3ccccc3C3(c4ccccc4-c4ccccc43)c3ccc4c([nH]c5ccccc54)c32)cc1. The molecule has 1 N–H and O–H groups in total. The van der Waals surface area contributed by atoms with E-state index in [-0.39, 0.29) is 0 Å². The monoisotopic (exact) mass is 496 g/mol. The topological polar surface area (TPSA) is 19.0 Å². The summed E-state index contributed by atoms with van der Waals surface area (Å²) < 4.78 is 0. The lowest BCUT2D eigenvalue weighted by atomic mass is 9.64. The number of hydrogen-bond acceptors (Lipinski definition) is 1. The van der Waals surface area contributed by atoms with Crippen LogP contribution in [0.5, 0.6) is 0 Å². The van der Waals surface area contributed by atoms with Crippen LogP contribution in [0.2, 0.25) is 0 Å². The summed E-state index contributed by atoms with van der Waals surface area (Å²) in [6, 6.07) is 51.1. The summed E-state index contributed by atoms with van der Waals surface area (Å²) >= 11 is 0. The Balaban J connectivity index is 1.53. The van der Waals surface area contributed by atoms with E-state index >= 15 is 0 Å². The molecule has 1 aliphatic carbocycles. The average molecular weight is 497 g/mol. The molecule has 0 bridgehead atoms. The normalized spacial score (nSPS) is 14.3. The van der Waals surface area contributed by atoms with Crippen molar-refractivity contribution >= 4 is 38.9 Å². The van der Waals surface area contributed by atoms with Crippen molar-refractivity contribution in [3.63, 3.8) is 0 Å². The number of aromatic nitrogens is 1. The van der Waals surface area contributed by atoms with Crippen LogP contribution in [0.15, 0.2) is 140 Å². The number of nitrogens with zero attached hydrogens (tertiary/aromatic N) is 1. The Bertz CT molecular complexity index is 2040. The molecule has 0 saturated heterocycles. The number of H-pyrrole nitrogens is 1. The molecule has 0 atom stereocenters. The molecule has 2 nitrogen and oxygen atoms in total. The van der Waals surface area contributed by atoms with Crippen LogP contribution in [0.1, 0.15) is 22.3 Å². The highest BCUT2D eigenvalue weighted by atomic mass is 15.2. The highest BCUT2D eigenvalue weighted by Crippen LogP contribution is 2.64. The number of para-hydroxylation sites is 3.